The highest BCUT2D eigenvalue weighted by Gasteiger charge is 2.39. The zero-order valence-corrected chi connectivity index (χ0v) is 20.1. The molecule has 0 aromatic heterocycles. The van der Waals surface area contributed by atoms with Crippen LogP contribution in [0.4, 0.5) is 0 Å². The first kappa shape index (κ1) is 24.5. The van der Waals surface area contributed by atoms with E-state index in [2.05, 4.69) is 72.7 Å². The van der Waals surface area contributed by atoms with E-state index >= 15 is 0 Å². The van der Waals surface area contributed by atoms with Crippen molar-refractivity contribution in [2.45, 2.75) is 80.3 Å². The van der Waals surface area contributed by atoms with Gasteiger partial charge in [0, 0.05) is 0 Å². The van der Waals surface area contributed by atoms with Crippen LogP contribution in [0.25, 0.3) is 11.1 Å². The van der Waals surface area contributed by atoms with E-state index in [1.807, 2.05) is 12.1 Å². The summed E-state index contributed by atoms with van der Waals surface area (Å²) in [4.78, 5) is 0. The molecular formula is C28H42O2. The lowest BCUT2D eigenvalue weighted by Gasteiger charge is -2.43. The highest BCUT2D eigenvalue weighted by atomic mass is 16.3. The number of benzene rings is 2. The standard InChI is InChI=1S/C28H42O2/c1-8-9-24(27(2,3)4)26(30)25(28(5,6)7)19-12-20-10-13-21(14-11-20)22-15-17-23(29)18-16-22/h10-11,13-18,24-26,29-30H,8-9,12,19H2,1-7H3. The fourth-order valence-corrected chi connectivity index (χ4v) is 4.66. The Morgan fingerprint density at radius 1 is 0.700 bits per heavy atom. The number of aromatic hydroxyl groups is 1. The van der Waals surface area contributed by atoms with Crippen molar-refractivity contribution in [3.63, 3.8) is 0 Å². The van der Waals surface area contributed by atoms with Crippen LogP contribution in [0, 0.1) is 22.7 Å². The zero-order chi connectivity index (χ0) is 22.5. The molecule has 0 aliphatic carbocycles. The lowest BCUT2D eigenvalue weighted by molar-refractivity contribution is -0.0435. The van der Waals surface area contributed by atoms with Gasteiger partial charge in [-0.3, -0.25) is 0 Å². The molecule has 0 spiro atoms. The maximum Gasteiger partial charge on any atom is 0.115 e. The van der Waals surface area contributed by atoms with Crippen molar-refractivity contribution in [2.75, 3.05) is 0 Å². The van der Waals surface area contributed by atoms with E-state index in [1.165, 1.54) is 5.56 Å². The number of aliphatic hydroxyl groups excluding tert-OH is 1. The van der Waals surface area contributed by atoms with E-state index in [0.29, 0.717) is 11.7 Å². The molecule has 2 N–H and O–H groups in total. The summed E-state index contributed by atoms with van der Waals surface area (Å²) < 4.78 is 0. The van der Waals surface area contributed by atoms with Gasteiger partial charge in [-0.25, -0.2) is 0 Å². The third-order valence-electron chi connectivity index (χ3n) is 6.55. The molecule has 2 nitrogen and oxygen atoms in total. The second-order valence-corrected chi connectivity index (χ2v) is 11.0. The number of phenolic OH excluding ortho intramolecular Hbond substituents is 1. The number of hydrogen-bond acceptors (Lipinski definition) is 2. The topological polar surface area (TPSA) is 40.5 Å². The fourth-order valence-electron chi connectivity index (χ4n) is 4.66. The van der Waals surface area contributed by atoms with Crippen LogP contribution in [0.2, 0.25) is 0 Å². The minimum Gasteiger partial charge on any atom is -0.508 e. The van der Waals surface area contributed by atoms with E-state index in [9.17, 15) is 10.2 Å². The van der Waals surface area contributed by atoms with Gasteiger partial charge in [0.25, 0.3) is 0 Å². The average Bonchev–Trinajstić information content (AvgIpc) is 2.65. The van der Waals surface area contributed by atoms with Gasteiger partial charge in [-0.15, -0.1) is 0 Å². The Balaban J connectivity index is 2.13. The van der Waals surface area contributed by atoms with Crippen LogP contribution >= 0.6 is 0 Å². The summed E-state index contributed by atoms with van der Waals surface area (Å²) in [5, 5.41) is 20.9. The summed E-state index contributed by atoms with van der Waals surface area (Å²) in [6.45, 7) is 15.8. The molecule has 2 heteroatoms. The first-order valence-electron chi connectivity index (χ1n) is 11.5. The van der Waals surface area contributed by atoms with Crippen molar-refractivity contribution in [2.24, 2.45) is 22.7 Å². The summed E-state index contributed by atoms with van der Waals surface area (Å²) >= 11 is 0. The molecule has 0 saturated heterocycles. The zero-order valence-electron chi connectivity index (χ0n) is 20.1. The summed E-state index contributed by atoms with van der Waals surface area (Å²) in [5.74, 6) is 0.854. The van der Waals surface area contributed by atoms with E-state index in [0.717, 1.165) is 36.8 Å². The summed E-state index contributed by atoms with van der Waals surface area (Å²) in [6, 6.07) is 16.0. The normalized spacial score (nSPS) is 15.6. The van der Waals surface area contributed by atoms with Gasteiger partial charge in [-0.05, 0) is 70.8 Å². The van der Waals surface area contributed by atoms with Crippen molar-refractivity contribution in [1.29, 1.82) is 0 Å². The first-order valence-corrected chi connectivity index (χ1v) is 11.5. The second kappa shape index (κ2) is 10.0. The maximum atomic E-state index is 11.4. The number of aliphatic hydroxyl groups is 1. The Morgan fingerprint density at radius 2 is 1.13 bits per heavy atom. The Hall–Kier alpha value is -1.80. The lowest BCUT2D eigenvalue weighted by atomic mass is 9.65. The molecule has 0 heterocycles. The summed E-state index contributed by atoms with van der Waals surface area (Å²) in [7, 11) is 0. The molecule has 0 aliphatic rings. The maximum absolute atomic E-state index is 11.4. The van der Waals surface area contributed by atoms with E-state index in [-0.39, 0.29) is 22.9 Å². The highest BCUT2D eigenvalue weighted by Crippen LogP contribution is 2.42. The fraction of sp³-hybridized carbons (Fsp3) is 0.571. The van der Waals surface area contributed by atoms with Crippen molar-refractivity contribution in [3.8, 4) is 16.9 Å². The Labute approximate surface area is 184 Å². The molecule has 3 unspecified atom stereocenters. The van der Waals surface area contributed by atoms with E-state index < -0.39 is 0 Å². The molecule has 2 aromatic carbocycles. The quantitative estimate of drug-likeness (QED) is 0.473. The smallest absolute Gasteiger partial charge is 0.115 e. The Bertz CT molecular complexity index is 760. The molecule has 2 rings (SSSR count). The molecule has 0 aliphatic heterocycles. The Morgan fingerprint density at radius 3 is 1.57 bits per heavy atom. The molecule has 166 valence electrons. The van der Waals surface area contributed by atoms with Crippen molar-refractivity contribution >= 4 is 0 Å². The Kier molecular flexibility index (Phi) is 8.16. The van der Waals surface area contributed by atoms with Crippen LogP contribution < -0.4 is 0 Å². The number of phenols is 1. The molecule has 0 saturated carbocycles. The summed E-state index contributed by atoms with van der Waals surface area (Å²) in [5.41, 5.74) is 3.73. The van der Waals surface area contributed by atoms with Crippen LogP contribution in [0.3, 0.4) is 0 Å². The average molecular weight is 411 g/mol. The van der Waals surface area contributed by atoms with Gasteiger partial charge >= 0.3 is 0 Å². The number of rotatable bonds is 8. The van der Waals surface area contributed by atoms with Crippen molar-refractivity contribution in [3.05, 3.63) is 54.1 Å². The van der Waals surface area contributed by atoms with Crippen molar-refractivity contribution < 1.29 is 10.2 Å². The molecule has 30 heavy (non-hydrogen) atoms. The van der Waals surface area contributed by atoms with Crippen molar-refractivity contribution in [1.82, 2.24) is 0 Å². The minimum atomic E-state index is -0.291. The second-order valence-electron chi connectivity index (χ2n) is 11.0. The molecule has 0 bridgehead atoms. The predicted octanol–water partition coefficient (Wildman–Crippen LogP) is 7.48. The van der Waals surface area contributed by atoms with Gasteiger partial charge in [0.15, 0.2) is 0 Å². The molecule has 2 aromatic rings. The van der Waals surface area contributed by atoms with Gasteiger partial charge in [0.1, 0.15) is 5.75 Å². The minimum absolute atomic E-state index is 0.0582. The van der Waals surface area contributed by atoms with E-state index in [1.54, 1.807) is 12.1 Å². The predicted molar refractivity (Wildman–Crippen MR) is 129 cm³/mol. The largest absolute Gasteiger partial charge is 0.508 e. The first-order chi connectivity index (χ1) is 13.9. The van der Waals surface area contributed by atoms with Gasteiger partial charge < -0.3 is 10.2 Å². The van der Waals surface area contributed by atoms with E-state index in [4.69, 9.17) is 0 Å². The molecule has 0 fully saturated rings. The SMILES string of the molecule is CCCC(C(O)C(CCc1ccc(-c2ccc(O)cc2)cc1)C(C)(C)C)C(C)(C)C. The van der Waals surface area contributed by atoms with Crippen LogP contribution in [-0.2, 0) is 6.42 Å². The number of aryl methyl sites for hydroxylation is 1. The third-order valence-corrected chi connectivity index (χ3v) is 6.55. The molecule has 0 radical (unpaired) electrons. The van der Waals surface area contributed by atoms with Gasteiger partial charge in [-0.1, -0.05) is 91.3 Å². The molecule has 0 amide bonds. The van der Waals surface area contributed by atoms with Crippen LogP contribution in [0.1, 0.15) is 73.3 Å². The van der Waals surface area contributed by atoms with Gasteiger partial charge in [0.05, 0.1) is 6.10 Å². The highest BCUT2D eigenvalue weighted by molar-refractivity contribution is 5.64. The van der Waals surface area contributed by atoms with Crippen LogP contribution in [-0.4, -0.2) is 16.3 Å². The van der Waals surface area contributed by atoms with Crippen LogP contribution in [0.15, 0.2) is 48.5 Å². The number of hydrogen-bond donors (Lipinski definition) is 2. The molecular weight excluding hydrogens is 368 g/mol. The molecule has 3 atom stereocenters. The van der Waals surface area contributed by atoms with Crippen LogP contribution in [0.5, 0.6) is 5.75 Å². The third kappa shape index (κ3) is 6.60. The van der Waals surface area contributed by atoms with Gasteiger partial charge in [0.2, 0.25) is 0 Å². The monoisotopic (exact) mass is 410 g/mol. The summed E-state index contributed by atoms with van der Waals surface area (Å²) in [6.07, 6.45) is 3.84. The lowest BCUT2D eigenvalue weighted by Crippen LogP contribution is -2.42. The van der Waals surface area contributed by atoms with Gasteiger partial charge in [-0.2, -0.15) is 0 Å².